The third-order valence-corrected chi connectivity index (χ3v) is 5.97. The van der Waals surface area contributed by atoms with Crippen molar-refractivity contribution in [1.29, 1.82) is 0 Å². The highest BCUT2D eigenvalue weighted by atomic mass is 35.5. The number of amides is 2. The Morgan fingerprint density at radius 3 is 2.78 bits per heavy atom. The number of carbonyl (C=O) groups excluding carboxylic acids is 1. The molecule has 0 atom stereocenters. The molecule has 4 rings (SSSR count). The molecule has 0 saturated heterocycles. The van der Waals surface area contributed by atoms with Gasteiger partial charge in [0.15, 0.2) is 5.65 Å². The van der Waals surface area contributed by atoms with E-state index in [9.17, 15) is 14.0 Å². The first kappa shape index (κ1) is 21.8. The molecule has 1 N–H and O–H groups in total. The van der Waals surface area contributed by atoms with E-state index in [4.69, 9.17) is 21.4 Å². The third-order valence-electron chi connectivity index (χ3n) is 5.43. The number of nitrogens with zero attached hydrogens (tertiary/aromatic N) is 5. The number of halogens is 2. The smallest absolute Gasteiger partial charge is 0.407 e. The van der Waals surface area contributed by atoms with Crippen molar-refractivity contribution in [1.82, 2.24) is 24.4 Å². The van der Waals surface area contributed by atoms with Crippen molar-refractivity contribution in [3.05, 3.63) is 57.2 Å². The fourth-order valence-electron chi connectivity index (χ4n) is 3.61. The summed E-state index contributed by atoms with van der Waals surface area (Å²) in [5.74, 6) is -0.841. The molecular formula is C21H21ClFN5O4. The molecular weight excluding hydrogens is 441 g/mol. The van der Waals surface area contributed by atoms with Gasteiger partial charge < -0.3 is 19.6 Å². The van der Waals surface area contributed by atoms with Crippen LogP contribution in [0.15, 0.2) is 18.2 Å². The Hall–Kier alpha value is -3.40. The first-order chi connectivity index (χ1) is 15.2. The molecule has 0 fully saturated rings. The normalized spacial score (nSPS) is 12.8. The highest BCUT2D eigenvalue weighted by molar-refractivity contribution is 6.31. The second-order valence-electron chi connectivity index (χ2n) is 7.61. The zero-order chi connectivity index (χ0) is 23.2. The summed E-state index contributed by atoms with van der Waals surface area (Å²) in [7, 11) is 1.39. The Labute approximate surface area is 188 Å². The van der Waals surface area contributed by atoms with Crippen LogP contribution >= 0.6 is 11.6 Å². The maximum atomic E-state index is 13.8. The molecule has 3 aromatic rings. The van der Waals surface area contributed by atoms with Crippen LogP contribution in [0.2, 0.25) is 5.02 Å². The van der Waals surface area contributed by atoms with Crippen molar-refractivity contribution in [2.45, 2.75) is 26.9 Å². The minimum Gasteiger partial charge on any atom is -0.491 e. The van der Waals surface area contributed by atoms with Gasteiger partial charge in [0.2, 0.25) is 0 Å². The molecule has 0 bridgehead atoms. The van der Waals surface area contributed by atoms with Crippen LogP contribution < -0.4 is 4.74 Å². The lowest BCUT2D eigenvalue weighted by atomic mass is 10.1. The average Bonchev–Trinajstić information content (AvgIpc) is 3.31. The fraction of sp³-hybridized carbons (Fsp3) is 0.333. The van der Waals surface area contributed by atoms with E-state index in [2.05, 4.69) is 10.1 Å². The Morgan fingerprint density at radius 1 is 1.31 bits per heavy atom. The molecule has 3 heterocycles. The zero-order valence-electron chi connectivity index (χ0n) is 17.7. The number of hydrogen-bond acceptors (Lipinski definition) is 5. The van der Waals surface area contributed by atoms with Crippen LogP contribution in [0, 0.1) is 19.7 Å². The fourth-order valence-corrected chi connectivity index (χ4v) is 3.73. The van der Waals surface area contributed by atoms with Crippen molar-refractivity contribution in [3.63, 3.8) is 0 Å². The van der Waals surface area contributed by atoms with Gasteiger partial charge in [0.25, 0.3) is 5.91 Å². The van der Waals surface area contributed by atoms with Crippen molar-refractivity contribution >= 4 is 29.2 Å². The SMILES string of the molecule is Cc1nc2c3c(nn2c(C)c1Cl)CN(C(=O)c1ccc(F)cc1OCCN(C)C(=O)O)C3. The Balaban J connectivity index is 1.56. The van der Waals surface area contributed by atoms with Gasteiger partial charge in [-0.25, -0.2) is 18.7 Å². The summed E-state index contributed by atoms with van der Waals surface area (Å²) in [6.45, 7) is 4.29. The lowest BCUT2D eigenvalue weighted by molar-refractivity contribution is 0.0744. The van der Waals surface area contributed by atoms with Crippen LogP contribution in [-0.2, 0) is 13.1 Å². The summed E-state index contributed by atoms with van der Waals surface area (Å²) in [6.07, 6.45) is -1.11. The van der Waals surface area contributed by atoms with Crippen LogP contribution in [0.25, 0.3) is 5.65 Å². The molecule has 0 aliphatic carbocycles. The van der Waals surface area contributed by atoms with E-state index >= 15 is 0 Å². The van der Waals surface area contributed by atoms with Gasteiger partial charge in [-0.3, -0.25) is 4.79 Å². The number of aromatic nitrogens is 3. The van der Waals surface area contributed by atoms with Gasteiger partial charge in [0.05, 0.1) is 47.3 Å². The van der Waals surface area contributed by atoms with Crippen molar-refractivity contribution < 1.29 is 23.8 Å². The summed E-state index contributed by atoms with van der Waals surface area (Å²) in [4.78, 5) is 31.3. The molecule has 2 aromatic heterocycles. The summed E-state index contributed by atoms with van der Waals surface area (Å²) < 4.78 is 21.1. The van der Waals surface area contributed by atoms with E-state index < -0.39 is 11.9 Å². The molecule has 0 saturated carbocycles. The summed E-state index contributed by atoms with van der Waals surface area (Å²) in [6, 6.07) is 3.67. The number of hydrogen-bond donors (Lipinski definition) is 1. The highest BCUT2D eigenvalue weighted by Gasteiger charge is 2.31. The Morgan fingerprint density at radius 2 is 2.06 bits per heavy atom. The van der Waals surface area contributed by atoms with Crippen molar-refractivity contribution in [2.75, 3.05) is 20.2 Å². The second kappa shape index (κ2) is 8.27. The van der Waals surface area contributed by atoms with Gasteiger partial charge in [-0.05, 0) is 26.0 Å². The molecule has 9 nitrogen and oxygen atoms in total. The number of ether oxygens (including phenoxy) is 1. The van der Waals surface area contributed by atoms with Crippen LogP contribution in [0.1, 0.15) is 33.0 Å². The molecule has 0 spiro atoms. The van der Waals surface area contributed by atoms with E-state index in [1.54, 1.807) is 9.42 Å². The van der Waals surface area contributed by atoms with Crippen LogP contribution in [-0.4, -0.2) is 61.7 Å². The van der Waals surface area contributed by atoms with Crippen LogP contribution in [0.3, 0.4) is 0 Å². The minimum absolute atomic E-state index is 0.0239. The predicted molar refractivity (Wildman–Crippen MR) is 114 cm³/mol. The third kappa shape index (κ3) is 3.81. The van der Waals surface area contributed by atoms with Crippen molar-refractivity contribution in [3.8, 4) is 5.75 Å². The molecule has 1 aromatic carbocycles. The summed E-state index contributed by atoms with van der Waals surface area (Å²) in [5.41, 5.74) is 3.88. The molecule has 1 aliphatic rings. The number of carboxylic acid groups (broad SMARTS) is 1. The number of carbonyl (C=O) groups is 2. The maximum absolute atomic E-state index is 13.8. The molecule has 11 heteroatoms. The van der Waals surface area contributed by atoms with Crippen molar-refractivity contribution in [2.24, 2.45) is 0 Å². The van der Waals surface area contributed by atoms with E-state index in [0.29, 0.717) is 22.9 Å². The highest BCUT2D eigenvalue weighted by Crippen LogP contribution is 2.31. The topological polar surface area (TPSA) is 100 Å². The molecule has 0 radical (unpaired) electrons. The van der Waals surface area contributed by atoms with Gasteiger partial charge in [-0.15, -0.1) is 0 Å². The van der Waals surface area contributed by atoms with Crippen LogP contribution in [0.5, 0.6) is 5.75 Å². The van der Waals surface area contributed by atoms with E-state index in [1.165, 1.54) is 19.2 Å². The van der Waals surface area contributed by atoms with Gasteiger partial charge in [0.1, 0.15) is 18.2 Å². The predicted octanol–water partition coefficient (Wildman–Crippen LogP) is 3.28. The maximum Gasteiger partial charge on any atom is 0.407 e. The lowest BCUT2D eigenvalue weighted by Gasteiger charge is -2.19. The Kier molecular flexibility index (Phi) is 5.64. The Bertz CT molecular complexity index is 1240. The molecule has 1 aliphatic heterocycles. The van der Waals surface area contributed by atoms with E-state index in [1.807, 2.05) is 13.8 Å². The van der Waals surface area contributed by atoms with Crippen LogP contribution in [0.4, 0.5) is 9.18 Å². The van der Waals surface area contributed by atoms with E-state index in [0.717, 1.165) is 27.9 Å². The standard InChI is InChI=1S/C21H21ClFN5O4/c1-11-18(22)12(2)28-19(24-11)15-9-27(10-16(15)25-28)20(29)14-5-4-13(23)8-17(14)32-7-6-26(3)21(30)31/h4-5,8H,6-7,9-10H2,1-3H3,(H,30,31). The monoisotopic (exact) mass is 461 g/mol. The number of rotatable bonds is 5. The average molecular weight is 462 g/mol. The first-order valence-electron chi connectivity index (χ1n) is 9.86. The van der Waals surface area contributed by atoms with Gasteiger partial charge in [-0.2, -0.15) is 5.10 Å². The largest absolute Gasteiger partial charge is 0.491 e. The van der Waals surface area contributed by atoms with Gasteiger partial charge in [-0.1, -0.05) is 11.6 Å². The zero-order valence-corrected chi connectivity index (χ0v) is 18.5. The number of aryl methyl sites for hydroxylation is 2. The number of likely N-dealkylation sites (N-methyl/N-ethyl adjacent to an activating group) is 1. The minimum atomic E-state index is -1.11. The lowest BCUT2D eigenvalue weighted by Crippen LogP contribution is -2.30. The summed E-state index contributed by atoms with van der Waals surface area (Å²) >= 11 is 6.28. The quantitative estimate of drug-likeness (QED) is 0.625. The molecule has 2 amide bonds. The molecule has 0 unspecified atom stereocenters. The van der Waals surface area contributed by atoms with Gasteiger partial charge >= 0.3 is 6.09 Å². The number of fused-ring (bicyclic) bond motifs is 3. The van der Waals surface area contributed by atoms with Gasteiger partial charge in [0, 0.05) is 18.7 Å². The summed E-state index contributed by atoms with van der Waals surface area (Å²) in [5, 5.41) is 14.0. The second-order valence-corrected chi connectivity index (χ2v) is 7.99. The number of benzene rings is 1. The van der Waals surface area contributed by atoms with E-state index in [-0.39, 0.29) is 36.9 Å². The first-order valence-corrected chi connectivity index (χ1v) is 10.2. The molecule has 168 valence electrons. The molecule has 32 heavy (non-hydrogen) atoms.